The molecule has 0 saturated carbocycles. The lowest BCUT2D eigenvalue weighted by Gasteiger charge is -2.29. The van der Waals surface area contributed by atoms with E-state index in [4.69, 9.17) is 32.7 Å². The number of carbonyl (C=O) groups is 1. The van der Waals surface area contributed by atoms with Gasteiger partial charge in [0.15, 0.2) is 11.5 Å². The number of fused-ring (bicyclic) bond motifs is 1. The molecule has 0 aliphatic carbocycles. The number of nitrogens with one attached hydrogen (secondary N) is 2. The Morgan fingerprint density at radius 3 is 2.63 bits per heavy atom. The van der Waals surface area contributed by atoms with Gasteiger partial charge in [-0.25, -0.2) is 0 Å². The molecule has 5 rings (SSSR count). The maximum absolute atomic E-state index is 13.8. The number of amides is 1. The van der Waals surface area contributed by atoms with Gasteiger partial charge in [-0.1, -0.05) is 52.1 Å². The van der Waals surface area contributed by atoms with E-state index in [9.17, 15) is 4.79 Å². The predicted octanol–water partition coefficient (Wildman–Crippen LogP) is 7.26. The number of rotatable bonds is 8. The number of ether oxygens (including phenoxy) is 2. The summed E-state index contributed by atoms with van der Waals surface area (Å²) in [7, 11) is 0. The number of tetrazole rings is 1. The zero-order valence-corrected chi connectivity index (χ0v) is 25.9. The van der Waals surface area contributed by atoms with E-state index in [0.717, 1.165) is 27.9 Å². The van der Waals surface area contributed by atoms with Crippen LogP contribution >= 0.6 is 39.1 Å². The van der Waals surface area contributed by atoms with E-state index in [1.807, 2.05) is 64.1 Å². The van der Waals surface area contributed by atoms with Crippen molar-refractivity contribution < 1.29 is 14.3 Å². The Morgan fingerprint density at radius 1 is 1.10 bits per heavy atom. The molecule has 3 aromatic carbocycles. The highest BCUT2D eigenvalue weighted by Crippen LogP contribution is 2.43. The van der Waals surface area contributed by atoms with Gasteiger partial charge in [0.1, 0.15) is 12.6 Å². The van der Waals surface area contributed by atoms with Crippen molar-refractivity contribution in [3.05, 3.63) is 96.6 Å². The number of benzene rings is 3. The van der Waals surface area contributed by atoms with Crippen LogP contribution in [0, 0.1) is 13.8 Å². The van der Waals surface area contributed by atoms with Gasteiger partial charge in [-0.15, -0.1) is 0 Å². The van der Waals surface area contributed by atoms with E-state index in [1.165, 1.54) is 0 Å². The number of carbonyl (C=O) groups excluding carboxylic acids is 1. The SMILES string of the molecule is CCOc1cc(C2C(C(=O)Nc3ccc(C)cc3C)=C(C)Nc3nnnn32)cc(Br)c1OCc1ccc(Cl)cc1Cl. The Balaban J connectivity index is 1.53. The second kappa shape index (κ2) is 12.1. The third kappa shape index (κ3) is 6.05. The molecule has 0 saturated heterocycles. The van der Waals surface area contributed by atoms with Gasteiger partial charge in [0.25, 0.3) is 5.91 Å². The van der Waals surface area contributed by atoms with Crippen LogP contribution < -0.4 is 20.1 Å². The van der Waals surface area contributed by atoms with Crippen molar-refractivity contribution in [2.75, 3.05) is 17.2 Å². The lowest BCUT2D eigenvalue weighted by atomic mass is 9.94. The van der Waals surface area contributed by atoms with Crippen LogP contribution in [-0.2, 0) is 11.4 Å². The third-order valence-electron chi connectivity index (χ3n) is 6.62. The maximum Gasteiger partial charge on any atom is 0.255 e. The second-order valence-corrected chi connectivity index (χ2v) is 11.3. The van der Waals surface area contributed by atoms with Crippen molar-refractivity contribution in [3.8, 4) is 11.5 Å². The number of nitrogens with zero attached hydrogens (tertiary/aromatic N) is 4. The minimum Gasteiger partial charge on any atom is -0.490 e. The molecule has 212 valence electrons. The normalized spacial score (nSPS) is 14.4. The van der Waals surface area contributed by atoms with E-state index >= 15 is 0 Å². The van der Waals surface area contributed by atoms with Gasteiger partial charge in [0, 0.05) is 27.0 Å². The molecule has 0 fully saturated rings. The van der Waals surface area contributed by atoms with E-state index in [0.29, 0.717) is 49.8 Å². The molecule has 0 spiro atoms. The molecule has 1 amide bonds. The summed E-state index contributed by atoms with van der Waals surface area (Å²) >= 11 is 16.1. The first-order chi connectivity index (χ1) is 19.7. The summed E-state index contributed by atoms with van der Waals surface area (Å²) in [5.74, 6) is 1.12. The van der Waals surface area contributed by atoms with E-state index in [1.54, 1.807) is 16.8 Å². The van der Waals surface area contributed by atoms with Gasteiger partial charge >= 0.3 is 0 Å². The summed E-state index contributed by atoms with van der Waals surface area (Å²) in [6.07, 6.45) is 0. The van der Waals surface area contributed by atoms with Crippen LogP contribution in [0.1, 0.15) is 42.1 Å². The summed E-state index contributed by atoms with van der Waals surface area (Å²) in [5.41, 5.74) is 5.38. The minimum atomic E-state index is -0.651. The second-order valence-electron chi connectivity index (χ2n) is 9.57. The summed E-state index contributed by atoms with van der Waals surface area (Å²) in [5, 5.41) is 19.4. The van der Waals surface area contributed by atoms with Gasteiger partial charge in [-0.05, 0) is 95.5 Å². The van der Waals surface area contributed by atoms with Crippen LogP contribution in [0.2, 0.25) is 10.0 Å². The predicted molar refractivity (Wildman–Crippen MR) is 163 cm³/mol. The monoisotopic (exact) mass is 656 g/mol. The molecule has 1 unspecified atom stereocenters. The van der Waals surface area contributed by atoms with Crippen molar-refractivity contribution in [2.45, 2.75) is 40.3 Å². The van der Waals surface area contributed by atoms with E-state index in [-0.39, 0.29) is 12.5 Å². The van der Waals surface area contributed by atoms with Crippen molar-refractivity contribution in [1.29, 1.82) is 0 Å². The molecule has 1 aliphatic heterocycles. The van der Waals surface area contributed by atoms with Crippen LogP contribution in [-0.4, -0.2) is 32.7 Å². The summed E-state index contributed by atoms with van der Waals surface area (Å²) in [6.45, 7) is 8.27. The van der Waals surface area contributed by atoms with Crippen LogP contribution in [0.5, 0.6) is 11.5 Å². The summed E-state index contributed by atoms with van der Waals surface area (Å²) < 4.78 is 14.4. The van der Waals surface area contributed by atoms with E-state index < -0.39 is 6.04 Å². The molecule has 0 bridgehead atoms. The molecule has 12 heteroatoms. The number of anilines is 2. The Morgan fingerprint density at radius 2 is 1.90 bits per heavy atom. The van der Waals surface area contributed by atoms with Gasteiger partial charge in [-0.2, -0.15) is 4.68 Å². The molecule has 4 aromatic rings. The fourth-order valence-electron chi connectivity index (χ4n) is 4.70. The lowest BCUT2D eigenvalue weighted by Crippen LogP contribution is -2.31. The van der Waals surface area contributed by atoms with Crippen molar-refractivity contribution in [1.82, 2.24) is 20.2 Å². The zero-order valence-electron chi connectivity index (χ0n) is 22.8. The molecular weight excluding hydrogens is 631 g/mol. The largest absolute Gasteiger partial charge is 0.490 e. The molecule has 0 radical (unpaired) electrons. The van der Waals surface area contributed by atoms with Crippen molar-refractivity contribution in [2.24, 2.45) is 0 Å². The van der Waals surface area contributed by atoms with Crippen LogP contribution in [0.25, 0.3) is 0 Å². The number of aromatic nitrogens is 4. The number of hydrogen-bond acceptors (Lipinski definition) is 7. The summed E-state index contributed by atoms with van der Waals surface area (Å²) in [4.78, 5) is 13.8. The van der Waals surface area contributed by atoms with Crippen molar-refractivity contribution in [3.63, 3.8) is 0 Å². The van der Waals surface area contributed by atoms with Crippen LogP contribution in [0.15, 0.2) is 64.3 Å². The molecule has 1 aromatic heterocycles. The molecule has 41 heavy (non-hydrogen) atoms. The quantitative estimate of drug-likeness (QED) is 0.205. The Hall–Kier alpha value is -3.60. The zero-order chi connectivity index (χ0) is 29.3. The molecule has 2 N–H and O–H groups in total. The van der Waals surface area contributed by atoms with Crippen LogP contribution in [0.4, 0.5) is 11.6 Å². The first-order valence-corrected chi connectivity index (χ1v) is 14.4. The van der Waals surface area contributed by atoms with Gasteiger partial charge in [0.2, 0.25) is 5.95 Å². The average molecular weight is 658 g/mol. The smallest absolute Gasteiger partial charge is 0.255 e. The number of allylic oxidation sites excluding steroid dienone is 1. The molecular formula is C29H27BrCl2N6O3. The molecule has 9 nitrogen and oxygen atoms in total. The average Bonchev–Trinajstić information content (AvgIpc) is 3.38. The number of aryl methyl sites for hydroxylation is 2. The lowest BCUT2D eigenvalue weighted by molar-refractivity contribution is -0.113. The fourth-order valence-corrected chi connectivity index (χ4v) is 5.73. The third-order valence-corrected chi connectivity index (χ3v) is 7.80. The highest BCUT2D eigenvalue weighted by molar-refractivity contribution is 9.10. The maximum atomic E-state index is 13.8. The molecule has 2 heterocycles. The molecule has 1 atom stereocenters. The Bertz CT molecular complexity index is 1670. The Labute approximate surface area is 256 Å². The van der Waals surface area contributed by atoms with E-state index in [2.05, 4.69) is 42.1 Å². The Kier molecular flexibility index (Phi) is 8.53. The van der Waals surface area contributed by atoms with Gasteiger partial charge in [0.05, 0.1) is 16.7 Å². The summed E-state index contributed by atoms with van der Waals surface area (Å²) in [6, 6.07) is 14.2. The highest BCUT2D eigenvalue weighted by atomic mass is 79.9. The van der Waals surface area contributed by atoms with Crippen LogP contribution in [0.3, 0.4) is 0 Å². The first-order valence-electron chi connectivity index (χ1n) is 12.8. The minimum absolute atomic E-state index is 0.196. The van der Waals surface area contributed by atoms with Crippen molar-refractivity contribution >= 4 is 56.7 Å². The first kappa shape index (κ1) is 28.9. The number of halogens is 3. The topological polar surface area (TPSA) is 103 Å². The number of hydrogen-bond donors (Lipinski definition) is 2. The fraction of sp³-hybridized carbons (Fsp3) is 0.241. The molecule has 1 aliphatic rings. The van der Waals surface area contributed by atoms with Gasteiger partial charge in [-0.3, -0.25) is 4.79 Å². The highest BCUT2D eigenvalue weighted by Gasteiger charge is 2.35. The standard InChI is InChI=1S/C29H27BrCl2N6O3/c1-5-40-24-12-19(11-21(30)27(24)41-14-18-7-8-20(31)13-22(18)32)26-25(17(4)33-29-35-36-37-38(26)29)28(39)34-23-9-6-15(2)10-16(23)3/h6-13,26H,5,14H2,1-4H3,(H,34,39)(H,33,35,37). The van der Waals surface area contributed by atoms with Gasteiger partial charge < -0.3 is 20.1 Å².